The molecule has 0 fully saturated rings. The topological polar surface area (TPSA) is 30.5 Å². The summed E-state index contributed by atoms with van der Waals surface area (Å²) in [6.07, 6.45) is 0. The summed E-state index contributed by atoms with van der Waals surface area (Å²) < 4.78 is 24.7. The summed E-state index contributed by atoms with van der Waals surface area (Å²) in [5.41, 5.74) is 1.99. The molecule has 0 unspecified atom stereocenters. The molecule has 2 aromatic rings. The standard InChI is InChI=1S/C15H13BrFNO2/c16-13-3-2-12(17)6-11(13)8-18-7-10-1-4-14-15(5-10)20-9-19-14/h1-6,18H,7-9H2. The zero-order valence-electron chi connectivity index (χ0n) is 10.7. The van der Waals surface area contributed by atoms with Crippen LogP contribution in [-0.2, 0) is 13.1 Å². The maximum Gasteiger partial charge on any atom is 0.231 e. The third-order valence-corrected chi connectivity index (χ3v) is 3.86. The lowest BCUT2D eigenvalue weighted by molar-refractivity contribution is 0.174. The summed E-state index contributed by atoms with van der Waals surface area (Å²) in [7, 11) is 0. The number of hydrogen-bond acceptors (Lipinski definition) is 3. The molecule has 1 N–H and O–H groups in total. The van der Waals surface area contributed by atoms with E-state index >= 15 is 0 Å². The second-order valence-corrected chi connectivity index (χ2v) is 5.38. The SMILES string of the molecule is Fc1ccc(Br)c(CNCc2ccc3c(c2)OCO3)c1. The van der Waals surface area contributed by atoms with Crippen molar-refractivity contribution in [1.29, 1.82) is 0 Å². The van der Waals surface area contributed by atoms with Crippen LogP contribution in [0.3, 0.4) is 0 Å². The molecule has 5 heteroatoms. The van der Waals surface area contributed by atoms with E-state index in [1.54, 1.807) is 6.07 Å². The van der Waals surface area contributed by atoms with Gasteiger partial charge in [0, 0.05) is 17.6 Å². The van der Waals surface area contributed by atoms with E-state index in [9.17, 15) is 4.39 Å². The van der Waals surface area contributed by atoms with Crippen molar-refractivity contribution in [3.63, 3.8) is 0 Å². The van der Waals surface area contributed by atoms with Gasteiger partial charge >= 0.3 is 0 Å². The molecular formula is C15H13BrFNO2. The minimum atomic E-state index is -0.229. The summed E-state index contributed by atoms with van der Waals surface area (Å²) in [5.74, 6) is 1.32. The predicted octanol–water partition coefficient (Wildman–Crippen LogP) is 3.61. The molecule has 0 atom stereocenters. The van der Waals surface area contributed by atoms with Crippen LogP contribution in [-0.4, -0.2) is 6.79 Å². The van der Waals surface area contributed by atoms with Crippen molar-refractivity contribution in [2.24, 2.45) is 0 Å². The maximum atomic E-state index is 13.2. The van der Waals surface area contributed by atoms with Crippen molar-refractivity contribution in [2.45, 2.75) is 13.1 Å². The van der Waals surface area contributed by atoms with Gasteiger partial charge in [0.1, 0.15) is 5.82 Å². The average Bonchev–Trinajstić information content (AvgIpc) is 2.90. The van der Waals surface area contributed by atoms with Gasteiger partial charge in [-0.3, -0.25) is 0 Å². The number of rotatable bonds is 4. The molecule has 0 amide bonds. The minimum absolute atomic E-state index is 0.229. The molecule has 20 heavy (non-hydrogen) atoms. The van der Waals surface area contributed by atoms with E-state index in [-0.39, 0.29) is 12.6 Å². The molecule has 0 saturated heterocycles. The summed E-state index contributed by atoms with van der Waals surface area (Å²) in [6, 6.07) is 10.5. The first kappa shape index (κ1) is 13.4. The molecule has 0 spiro atoms. The summed E-state index contributed by atoms with van der Waals surface area (Å²) in [4.78, 5) is 0. The van der Waals surface area contributed by atoms with Crippen molar-refractivity contribution in [3.8, 4) is 11.5 Å². The zero-order valence-corrected chi connectivity index (χ0v) is 12.2. The molecule has 0 saturated carbocycles. The number of hydrogen-bond donors (Lipinski definition) is 1. The van der Waals surface area contributed by atoms with E-state index in [0.29, 0.717) is 13.1 Å². The van der Waals surface area contributed by atoms with E-state index < -0.39 is 0 Å². The highest BCUT2D eigenvalue weighted by atomic mass is 79.9. The largest absolute Gasteiger partial charge is 0.454 e. The lowest BCUT2D eigenvalue weighted by Crippen LogP contribution is -2.13. The highest BCUT2D eigenvalue weighted by Gasteiger charge is 2.12. The van der Waals surface area contributed by atoms with Crippen LogP contribution in [0.1, 0.15) is 11.1 Å². The lowest BCUT2D eigenvalue weighted by atomic mass is 10.2. The highest BCUT2D eigenvalue weighted by Crippen LogP contribution is 2.32. The number of benzene rings is 2. The number of fused-ring (bicyclic) bond motifs is 1. The number of nitrogens with one attached hydrogen (secondary N) is 1. The van der Waals surface area contributed by atoms with Crippen molar-refractivity contribution in [3.05, 3.63) is 57.8 Å². The smallest absolute Gasteiger partial charge is 0.231 e. The van der Waals surface area contributed by atoms with Crippen molar-refractivity contribution >= 4 is 15.9 Å². The van der Waals surface area contributed by atoms with Crippen LogP contribution in [0.5, 0.6) is 11.5 Å². The fourth-order valence-electron chi connectivity index (χ4n) is 2.07. The molecule has 1 aliphatic rings. The summed E-state index contributed by atoms with van der Waals surface area (Å²) >= 11 is 3.41. The Kier molecular flexibility index (Phi) is 3.89. The Morgan fingerprint density at radius 3 is 2.80 bits per heavy atom. The Bertz CT molecular complexity index is 633. The summed E-state index contributed by atoms with van der Waals surface area (Å²) in [5, 5.41) is 3.28. The Balaban J connectivity index is 1.61. The molecule has 0 aliphatic carbocycles. The van der Waals surface area contributed by atoms with Crippen LogP contribution in [0.4, 0.5) is 4.39 Å². The van der Waals surface area contributed by atoms with Gasteiger partial charge in [0.2, 0.25) is 6.79 Å². The van der Waals surface area contributed by atoms with Gasteiger partial charge in [0.05, 0.1) is 0 Å². The molecule has 1 heterocycles. The molecule has 104 valence electrons. The van der Waals surface area contributed by atoms with E-state index in [1.165, 1.54) is 12.1 Å². The first-order valence-electron chi connectivity index (χ1n) is 6.25. The van der Waals surface area contributed by atoms with E-state index in [4.69, 9.17) is 9.47 Å². The Morgan fingerprint density at radius 2 is 1.90 bits per heavy atom. The van der Waals surface area contributed by atoms with Crippen molar-refractivity contribution < 1.29 is 13.9 Å². The molecule has 0 bridgehead atoms. The van der Waals surface area contributed by atoms with Crippen molar-refractivity contribution in [1.82, 2.24) is 5.32 Å². The molecule has 2 aromatic carbocycles. The first-order chi connectivity index (χ1) is 9.72. The second-order valence-electron chi connectivity index (χ2n) is 4.53. The maximum absolute atomic E-state index is 13.2. The quantitative estimate of drug-likeness (QED) is 0.924. The van der Waals surface area contributed by atoms with Crippen LogP contribution in [0.15, 0.2) is 40.9 Å². The Morgan fingerprint density at radius 1 is 1.05 bits per heavy atom. The monoisotopic (exact) mass is 337 g/mol. The molecule has 3 rings (SSSR count). The second kappa shape index (κ2) is 5.81. The highest BCUT2D eigenvalue weighted by molar-refractivity contribution is 9.10. The van der Waals surface area contributed by atoms with E-state index in [2.05, 4.69) is 21.2 Å². The Labute approximate surface area is 124 Å². The van der Waals surface area contributed by atoms with Crippen LogP contribution < -0.4 is 14.8 Å². The van der Waals surface area contributed by atoms with Gasteiger partial charge in [-0.1, -0.05) is 22.0 Å². The number of halogens is 2. The van der Waals surface area contributed by atoms with Crippen LogP contribution >= 0.6 is 15.9 Å². The van der Waals surface area contributed by atoms with Crippen LogP contribution in [0, 0.1) is 5.82 Å². The van der Waals surface area contributed by atoms with Gasteiger partial charge in [0.15, 0.2) is 11.5 Å². The van der Waals surface area contributed by atoms with Crippen molar-refractivity contribution in [2.75, 3.05) is 6.79 Å². The third kappa shape index (κ3) is 2.94. The minimum Gasteiger partial charge on any atom is -0.454 e. The summed E-state index contributed by atoms with van der Waals surface area (Å²) in [6.45, 7) is 1.55. The third-order valence-electron chi connectivity index (χ3n) is 3.09. The van der Waals surface area contributed by atoms with Crippen LogP contribution in [0.25, 0.3) is 0 Å². The van der Waals surface area contributed by atoms with Gasteiger partial charge in [-0.2, -0.15) is 0 Å². The molecular weight excluding hydrogens is 325 g/mol. The van der Waals surface area contributed by atoms with Crippen LogP contribution in [0.2, 0.25) is 0 Å². The number of ether oxygens (including phenoxy) is 2. The van der Waals surface area contributed by atoms with Gasteiger partial charge in [-0.05, 0) is 41.5 Å². The zero-order chi connectivity index (χ0) is 13.9. The van der Waals surface area contributed by atoms with Gasteiger partial charge < -0.3 is 14.8 Å². The fourth-order valence-corrected chi connectivity index (χ4v) is 2.46. The normalized spacial score (nSPS) is 12.7. The molecule has 3 nitrogen and oxygen atoms in total. The average molecular weight is 338 g/mol. The van der Waals surface area contributed by atoms with E-state index in [0.717, 1.165) is 27.1 Å². The fraction of sp³-hybridized carbons (Fsp3) is 0.200. The van der Waals surface area contributed by atoms with E-state index in [1.807, 2.05) is 18.2 Å². The Hall–Kier alpha value is -1.59. The van der Waals surface area contributed by atoms with Gasteiger partial charge in [-0.15, -0.1) is 0 Å². The van der Waals surface area contributed by atoms with Gasteiger partial charge in [-0.25, -0.2) is 4.39 Å². The molecule has 1 aliphatic heterocycles. The van der Waals surface area contributed by atoms with Gasteiger partial charge in [0.25, 0.3) is 0 Å². The molecule has 0 aromatic heterocycles. The molecule has 0 radical (unpaired) electrons. The first-order valence-corrected chi connectivity index (χ1v) is 7.05. The lowest BCUT2D eigenvalue weighted by Gasteiger charge is -2.08. The predicted molar refractivity (Wildman–Crippen MR) is 77.2 cm³/mol.